The van der Waals surface area contributed by atoms with E-state index in [0.29, 0.717) is 5.25 Å². The van der Waals surface area contributed by atoms with Gasteiger partial charge in [-0.15, -0.1) is 0 Å². The molecule has 0 saturated carbocycles. The summed E-state index contributed by atoms with van der Waals surface area (Å²) >= 11 is 1.78. The SMILES string of the molecule is CC(CO)SCCn1ccnc1. The molecule has 1 rings (SSSR count). The first kappa shape index (κ1) is 9.61. The van der Waals surface area contributed by atoms with Crippen molar-refractivity contribution >= 4 is 11.8 Å². The molecule has 0 aliphatic rings. The average molecular weight is 186 g/mol. The molecular formula is C8H14N2OS. The van der Waals surface area contributed by atoms with Crippen molar-refractivity contribution in [3.8, 4) is 0 Å². The van der Waals surface area contributed by atoms with Gasteiger partial charge in [0.25, 0.3) is 0 Å². The molecule has 1 aromatic rings. The van der Waals surface area contributed by atoms with Gasteiger partial charge in [0.2, 0.25) is 0 Å². The summed E-state index contributed by atoms with van der Waals surface area (Å²) in [7, 11) is 0. The van der Waals surface area contributed by atoms with Gasteiger partial charge in [-0.3, -0.25) is 0 Å². The number of nitrogens with zero attached hydrogens (tertiary/aromatic N) is 2. The summed E-state index contributed by atoms with van der Waals surface area (Å²) in [5.74, 6) is 1.03. The van der Waals surface area contributed by atoms with Crippen LogP contribution in [0.4, 0.5) is 0 Å². The van der Waals surface area contributed by atoms with Crippen LogP contribution in [0.5, 0.6) is 0 Å². The van der Waals surface area contributed by atoms with Crippen LogP contribution in [0.2, 0.25) is 0 Å². The second-order valence-electron chi connectivity index (χ2n) is 2.66. The van der Waals surface area contributed by atoms with Gasteiger partial charge in [-0.2, -0.15) is 11.8 Å². The Morgan fingerprint density at radius 1 is 1.67 bits per heavy atom. The van der Waals surface area contributed by atoms with Crippen molar-refractivity contribution < 1.29 is 5.11 Å². The molecule has 1 atom stereocenters. The third-order valence-electron chi connectivity index (χ3n) is 1.57. The second kappa shape index (κ2) is 5.22. The van der Waals surface area contributed by atoms with Crippen molar-refractivity contribution in [2.24, 2.45) is 0 Å². The molecule has 1 heterocycles. The molecule has 0 aliphatic heterocycles. The lowest BCUT2D eigenvalue weighted by Crippen LogP contribution is -2.06. The molecule has 4 heteroatoms. The summed E-state index contributed by atoms with van der Waals surface area (Å²) in [5, 5.41) is 9.09. The minimum atomic E-state index is 0.259. The van der Waals surface area contributed by atoms with Gasteiger partial charge in [-0.1, -0.05) is 6.92 Å². The number of imidazole rings is 1. The van der Waals surface area contributed by atoms with Gasteiger partial charge in [0.1, 0.15) is 0 Å². The lowest BCUT2D eigenvalue weighted by atomic mass is 10.5. The van der Waals surface area contributed by atoms with E-state index in [0.717, 1.165) is 12.3 Å². The maximum atomic E-state index is 8.75. The normalized spacial score (nSPS) is 13.2. The van der Waals surface area contributed by atoms with Crippen LogP contribution >= 0.6 is 11.8 Å². The van der Waals surface area contributed by atoms with Crippen LogP contribution in [-0.4, -0.2) is 32.3 Å². The lowest BCUT2D eigenvalue weighted by Gasteiger charge is -2.06. The van der Waals surface area contributed by atoms with E-state index >= 15 is 0 Å². The molecule has 0 amide bonds. The van der Waals surface area contributed by atoms with E-state index in [1.165, 1.54) is 0 Å². The van der Waals surface area contributed by atoms with Gasteiger partial charge >= 0.3 is 0 Å². The van der Waals surface area contributed by atoms with Gasteiger partial charge in [-0.25, -0.2) is 4.98 Å². The largest absolute Gasteiger partial charge is 0.395 e. The van der Waals surface area contributed by atoms with Gasteiger partial charge in [0, 0.05) is 29.9 Å². The molecule has 0 radical (unpaired) electrons. The van der Waals surface area contributed by atoms with E-state index in [9.17, 15) is 0 Å². The number of thioether (sulfide) groups is 1. The Labute approximate surface area is 76.8 Å². The van der Waals surface area contributed by atoms with Crippen LogP contribution in [0.15, 0.2) is 18.7 Å². The Bertz CT molecular complexity index is 201. The molecule has 3 nitrogen and oxygen atoms in total. The molecule has 0 fully saturated rings. The fraction of sp³-hybridized carbons (Fsp3) is 0.625. The number of hydrogen-bond donors (Lipinski definition) is 1. The zero-order valence-corrected chi connectivity index (χ0v) is 8.00. The predicted molar refractivity (Wildman–Crippen MR) is 51.2 cm³/mol. The van der Waals surface area contributed by atoms with E-state index in [1.807, 2.05) is 24.0 Å². The van der Waals surface area contributed by atoms with E-state index in [2.05, 4.69) is 4.98 Å². The van der Waals surface area contributed by atoms with Crippen molar-refractivity contribution in [2.75, 3.05) is 12.4 Å². The smallest absolute Gasteiger partial charge is 0.0946 e. The molecule has 1 aromatic heterocycles. The van der Waals surface area contributed by atoms with Crippen molar-refractivity contribution in [1.29, 1.82) is 0 Å². The van der Waals surface area contributed by atoms with Crippen LogP contribution in [-0.2, 0) is 6.54 Å². The number of aliphatic hydroxyl groups is 1. The Hall–Kier alpha value is -0.480. The zero-order chi connectivity index (χ0) is 8.81. The molecule has 12 heavy (non-hydrogen) atoms. The van der Waals surface area contributed by atoms with Crippen molar-refractivity contribution in [3.05, 3.63) is 18.7 Å². The highest BCUT2D eigenvalue weighted by molar-refractivity contribution is 7.99. The van der Waals surface area contributed by atoms with Crippen LogP contribution < -0.4 is 0 Å². The third-order valence-corrected chi connectivity index (χ3v) is 2.70. The summed E-state index contributed by atoms with van der Waals surface area (Å²) in [6.07, 6.45) is 5.54. The maximum absolute atomic E-state index is 8.75. The highest BCUT2D eigenvalue weighted by atomic mass is 32.2. The first-order chi connectivity index (χ1) is 5.83. The topological polar surface area (TPSA) is 38.0 Å². The highest BCUT2D eigenvalue weighted by Crippen LogP contribution is 2.09. The lowest BCUT2D eigenvalue weighted by molar-refractivity contribution is 0.300. The summed E-state index contributed by atoms with van der Waals surface area (Å²) in [6, 6.07) is 0. The molecule has 0 bridgehead atoms. The van der Waals surface area contributed by atoms with Crippen molar-refractivity contribution in [2.45, 2.75) is 18.7 Å². The number of aryl methyl sites for hydroxylation is 1. The summed E-state index contributed by atoms with van der Waals surface area (Å²) in [5.41, 5.74) is 0. The Kier molecular flexibility index (Phi) is 4.18. The van der Waals surface area contributed by atoms with Crippen molar-refractivity contribution in [3.63, 3.8) is 0 Å². The number of hydrogen-bond acceptors (Lipinski definition) is 3. The minimum absolute atomic E-state index is 0.259. The Morgan fingerprint density at radius 3 is 3.08 bits per heavy atom. The summed E-state index contributed by atoms with van der Waals surface area (Å²) < 4.78 is 2.04. The van der Waals surface area contributed by atoms with E-state index in [-0.39, 0.29) is 6.61 Å². The maximum Gasteiger partial charge on any atom is 0.0946 e. The molecule has 0 aliphatic carbocycles. The number of rotatable bonds is 5. The van der Waals surface area contributed by atoms with Crippen LogP contribution in [0.1, 0.15) is 6.92 Å². The number of aliphatic hydroxyl groups excluding tert-OH is 1. The summed E-state index contributed by atoms with van der Waals surface area (Å²) in [6.45, 7) is 3.25. The summed E-state index contributed by atoms with van der Waals surface area (Å²) in [4.78, 5) is 3.94. The van der Waals surface area contributed by atoms with Crippen LogP contribution in [0.3, 0.4) is 0 Å². The zero-order valence-electron chi connectivity index (χ0n) is 7.18. The molecular weight excluding hydrogens is 172 g/mol. The third kappa shape index (κ3) is 3.28. The van der Waals surface area contributed by atoms with Gasteiger partial charge in [0.15, 0.2) is 0 Å². The standard InChI is InChI=1S/C8H14N2OS/c1-8(6-11)12-5-4-10-3-2-9-7-10/h2-3,7-8,11H,4-6H2,1H3. The first-order valence-corrected chi connectivity index (χ1v) is 5.06. The monoisotopic (exact) mass is 186 g/mol. The van der Waals surface area contributed by atoms with E-state index in [1.54, 1.807) is 18.0 Å². The Balaban J connectivity index is 2.11. The predicted octanol–water partition coefficient (Wildman–Crippen LogP) is 0.997. The minimum Gasteiger partial charge on any atom is -0.395 e. The quantitative estimate of drug-likeness (QED) is 0.745. The molecule has 68 valence electrons. The van der Waals surface area contributed by atoms with Gasteiger partial charge < -0.3 is 9.67 Å². The van der Waals surface area contributed by atoms with Crippen LogP contribution in [0, 0.1) is 0 Å². The molecule has 0 spiro atoms. The highest BCUT2D eigenvalue weighted by Gasteiger charge is 1.99. The fourth-order valence-electron chi connectivity index (χ4n) is 0.831. The first-order valence-electron chi connectivity index (χ1n) is 4.01. The number of aromatic nitrogens is 2. The Morgan fingerprint density at radius 2 is 2.50 bits per heavy atom. The molecule has 1 N–H and O–H groups in total. The molecule has 1 unspecified atom stereocenters. The second-order valence-corrected chi connectivity index (χ2v) is 4.21. The molecule has 0 aromatic carbocycles. The fourth-order valence-corrected chi connectivity index (χ4v) is 1.66. The van der Waals surface area contributed by atoms with E-state index < -0.39 is 0 Å². The van der Waals surface area contributed by atoms with Gasteiger partial charge in [-0.05, 0) is 0 Å². The van der Waals surface area contributed by atoms with Crippen molar-refractivity contribution in [1.82, 2.24) is 9.55 Å². The van der Waals surface area contributed by atoms with Gasteiger partial charge in [0.05, 0.1) is 12.9 Å². The average Bonchev–Trinajstić information content (AvgIpc) is 2.57. The van der Waals surface area contributed by atoms with Crippen LogP contribution in [0.25, 0.3) is 0 Å². The molecule has 0 saturated heterocycles. The van der Waals surface area contributed by atoms with E-state index in [4.69, 9.17) is 5.11 Å².